The van der Waals surface area contributed by atoms with Crippen LogP contribution >= 0.6 is 0 Å². The molecule has 0 bridgehead atoms. The second-order valence-corrected chi connectivity index (χ2v) is 7.47. The summed E-state index contributed by atoms with van der Waals surface area (Å²) in [5.74, 6) is 2.10. The summed E-state index contributed by atoms with van der Waals surface area (Å²) in [5, 5.41) is 3.53. The minimum atomic E-state index is 0.403. The highest BCUT2D eigenvalue weighted by Gasteiger charge is 2.21. The van der Waals surface area contributed by atoms with E-state index in [2.05, 4.69) is 44.1 Å². The van der Waals surface area contributed by atoms with Crippen molar-refractivity contribution >= 4 is 11.8 Å². The van der Waals surface area contributed by atoms with Gasteiger partial charge in [-0.05, 0) is 50.3 Å². The number of likely N-dealkylation sites (tertiary alicyclic amines) is 1. The van der Waals surface area contributed by atoms with Crippen LogP contribution < -0.4 is 10.2 Å². The first kappa shape index (κ1) is 19.9. The number of aliphatic imine (C=N–C) groups is 1. The summed E-state index contributed by atoms with van der Waals surface area (Å²) in [6.07, 6.45) is 9.71. The molecule has 3 rings (SSSR count). The number of nitrogens with zero attached hydrogens (tertiary/aromatic N) is 4. The lowest BCUT2D eigenvalue weighted by atomic mass is 10.1. The number of ether oxygens (including phenoxy) is 1. The van der Waals surface area contributed by atoms with Crippen molar-refractivity contribution in [3.05, 3.63) is 23.9 Å². The maximum absolute atomic E-state index is 5.75. The van der Waals surface area contributed by atoms with Crippen LogP contribution in [-0.2, 0) is 11.3 Å². The van der Waals surface area contributed by atoms with Crippen molar-refractivity contribution < 1.29 is 4.74 Å². The smallest absolute Gasteiger partial charge is 0.193 e. The molecule has 2 saturated heterocycles. The molecule has 0 aromatic carbocycles. The Bertz CT molecular complexity index is 590. The maximum Gasteiger partial charge on any atom is 0.193 e. The van der Waals surface area contributed by atoms with E-state index in [1.807, 2.05) is 13.2 Å². The number of hydrogen-bond donors (Lipinski definition) is 1. The first-order valence-corrected chi connectivity index (χ1v) is 10.6. The van der Waals surface area contributed by atoms with E-state index in [9.17, 15) is 0 Å². The van der Waals surface area contributed by atoms with Crippen molar-refractivity contribution in [2.45, 2.75) is 58.1 Å². The highest BCUT2D eigenvalue weighted by atomic mass is 16.5. The van der Waals surface area contributed by atoms with Crippen LogP contribution in [0.4, 0.5) is 5.82 Å². The molecule has 6 heteroatoms. The fraction of sp³-hybridized carbons (Fsp3) is 0.714. The molecule has 0 aliphatic carbocycles. The van der Waals surface area contributed by atoms with Gasteiger partial charge < -0.3 is 19.9 Å². The maximum atomic E-state index is 5.75. The molecule has 0 saturated carbocycles. The zero-order valence-electron chi connectivity index (χ0n) is 17.0. The third kappa shape index (κ3) is 5.83. The molecule has 2 aliphatic heterocycles. The molecule has 0 amide bonds. The molecule has 0 atom stereocenters. The molecule has 150 valence electrons. The summed E-state index contributed by atoms with van der Waals surface area (Å²) in [4.78, 5) is 13.9. The van der Waals surface area contributed by atoms with Crippen LogP contribution in [0.5, 0.6) is 0 Å². The van der Waals surface area contributed by atoms with Crippen LogP contribution in [0.3, 0.4) is 0 Å². The molecule has 6 nitrogen and oxygen atoms in total. The topological polar surface area (TPSA) is 53.0 Å². The summed E-state index contributed by atoms with van der Waals surface area (Å²) < 4.78 is 5.75. The van der Waals surface area contributed by atoms with E-state index in [1.54, 1.807) is 0 Å². The van der Waals surface area contributed by atoms with Gasteiger partial charge in [0.15, 0.2) is 5.96 Å². The average molecular weight is 374 g/mol. The van der Waals surface area contributed by atoms with Crippen molar-refractivity contribution in [1.29, 1.82) is 0 Å². The summed E-state index contributed by atoms with van der Waals surface area (Å²) >= 11 is 0. The van der Waals surface area contributed by atoms with Crippen molar-refractivity contribution in [3.63, 3.8) is 0 Å². The van der Waals surface area contributed by atoms with Crippen LogP contribution in [0.25, 0.3) is 0 Å². The molecule has 0 unspecified atom stereocenters. The first-order valence-electron chi connectivity index (χ1n) is 10.6. The molecular weight excluding hydrogens is 338 g/mol. The Morgan fingerprint density at radius 3 is 2.59 bits per heavy atom. The lowest BCUT2D eigenvalue weighted by molar-refractivity contribution is 0.0263. The predicted molar refractivity (Wildman–Crippen MR) is 111 cm³/mol. The average Bonchev–Trinajstić information content (AvgIpc) is 3.00. The summed E-state index contributed by atoms with van der Waals surface area (Å²) in [6, 6.07) is 4.33. The van der Waals surface area contributed by atoms with Gasteiger partial charge in [-0.1, -0.05) is 12.8 Å². The highest BCUT2D eigenvalue weighted by Crippen LogP contribution is 2.18. The zero-order chi connectivity index (χ0) is 18.9. The first-order chi connectivity index (χ1) is 13.3. The minimum Gasteiger partial charge on any atom is -0.378 e. The Kier molecular flexibility index (Phi) is 7.75. The van der Waals surface area contributed by atoms with Gasteiger partial charge in [0.2, 0.25) is 0 Å². The van der Waals surface area contributed by atoms with E-state index in [1.165, 1.54) is 31.2 Å². The number of pyridine rings is 1. The van der Waals surface area contributed by atoms with Crippen molar-refractivity contribution in [1.82, 2.24) is 15.2 Å². The van der Waals surface area contributed by atoms with Crippen LogP contribution in [0.1, 0.15) is 51.0 Å². The fourth-order valence-electron chi connectivity index (χ4n) is 4.03. The molecule has 3 heterocycles. The minimum absolute atomic E-state index is 0.403. The normalized spacial score (nSPS) is 19.9. The molecule has 0 spiro atoms. The molecule has 1 aromatic heterocycles. The molecule has 27 heavy (non-hydrogen) atoms. The third-order valence-corrected chi connectivity index (χ3v) is 5.55. The van der Waals surface area contributed by atoms with E-state index >= 15 is 0 Å². The molecule has 2 fully saturated rings. The van der Waals surface area contributed by atoms with Gasteiger partial charge in [-0.15, -0.1) is 0 Å². The SMILES string of the molecule is CCOC1CCN(C(=NC)NCc2ccnc(N3CCCCCC3)c2)CC1. The Morgan fingerprint density at radius 1 is 1.19 bits per heavy atom. The quantitative estimate of drug-likeness (QED) is 0.635. The zero-order valence-corrected chi connectivity index (χ0v) is 17.0. The van der Waals surface area contributed by atoms with Crippen LogP contribution in [0.2, 0.25) is 0 Å². The molecule has 1 N–H and O–H groups in total. The molecule has 1 aromatic rings. The predicted octanol–water partition coefficient (Wildman–Crippen LogP) is 3.04. The highest BCUT2D eigenvalue weighted by molar-refractivity contribution is 5.80. The number of anilines is 1. The number of hydrogen-bond acceptors (Lipinski definition) is 4. The molecular formula is C21H35N5O. The lowest BCUT2D eigenvalue weighted by Gasteiger charge is -2.34. The molecule has 2 aliphatic rings. The van der Waals surface area contributed by atoms with Gasteiger partial charge in [-0.3, -0.25) is 4.99 Å². The van der Waals surface area contributed by atoms with Crippen molar-refractivity contribution in [2.75, 3.05) is 44.7 Å². The number of nitrogens with one attached hydrogen (secondary N) is 1. The third-order valence-electron chi connectivity index (χ3n) is 5.55. The number of piperidine rings is 1. The van der Waals surface area contributed by atoms with Crippen LogP contribution in [0, 0.1) is 0 Å². The van der Waals surface area contributed by atoms with Gasteiger partial charge in [-0.2, -0.15) is 0 Å². The van der Waals surface area contributed by atoms with Crippen molar-refractivity contribution in [2.24, 2.45) is 4.99 Å². The second kappa shape index (κ2) is 10.5. The van der Waals surface area contributed by atoms with Crippen molar-refractivity contribution in [3.8, 4) is 0 Å². The largest absolute Gasteiger partial charge is 0.378 e. The van der Waals surface area contributed by atoms with Crippen LogP contribution in [0.15, 0.2) is 23.3 Å². The number of aromatic nitrogens is 1. The Balaban J connectivity index is 1.53. The van der Waals surface area contributed by atoms with Gasteiger partial charge >= 0.3 is 0 Å². The number of guanidine groups is 1. The van der Waals surface area contributed by atoms with E-state index < -0.39 is 0 Å². The Morgan fingerprint density at radius 2 is 1.93 bits per heavy atom. The lowest BCUT2D eigenvalue weighted by Crippen LogP contribution is -2.46. The van der Waals surface area contributed by atoms with E-state index in [0.717, 1.165) is 63.9 Å². The van der Waals surface area contributed by atoms with Gasteiger partial charge in [0.25, 0.3) is 0 Å². The second-order valence-electron chi connectivity index (χ2n) is 7.47. The Labute approximate surface area is 164 Å². The van der Waals surface area contributed by atoms with E-state index in [0.29, 0.717) is 6.10 Å². The number of rotatable bonds is 5. The van der Waals surface area contributed by atoms with Gasteiger partial charge in [0, 0.05) is 52.6 Å². The summed E-state index contributed by atoms with van der Waals surface area (Å²) in [6.45, 7) is 7.90. The Hall–Kier alpha value is -1.82. The van der Waals surface area contributed by atoms with Gasteiger partial charge in [0.05, 0.1) is 6.10 Å². The van der Waals surface area contributed by atoms with Gasteiger partial charge in [0.1, 0.15) is 5.82 Å². The summed E-state index contributed by atoms with van der Waals surface area (Å²) in [7, 11) is 1.87. The summed E-state index contributed by atoms with van der Waals surface area (Å²) in [5.41, 5.74) is 1.26. The van der Waals surface area contributed by atoms with E-state index in [-0.39, 0.29) is 0 Å². The van der Waals surface area contributed by atoms with E-state index in [4.69, 9.17) is 4.74 Å². The standard InChI is InChI=1S/C21H35N5O/c1-3-27-19-9-14-26(15-10-19)21(22-2)24-17-18-8-11-23-20(16-18)25-12-6-4-5-7-13-25/h8,11,16,19H,3-7,9-10,12-15,17H2,1-2H3,(H,22,24). The van der Waals surface area contributed by atoms with Crippen LogP contribution in [-0.4, -0.2) is 61.8 Å². The van der Waals surface area contributed by atoms with Gasteiger partial charge in [-0.25, -0.2) is 4.98 Å². The molecule has 0 radical (unpaired) electrons. The fourth-order valence-corrected chi connectivity index (χ4v) is 4.03. The monoisotopic (exact) mass is 373 g/mol.